The van der Waals surface area contributed by atoms with Crippen LogP contribution in [-0.4, -0.2) is 80.3 Å². The Morgan fingerprint density at radius 3 is 2.63 bits per heavy atom. The van der Waals surface area contributed by atoms with E-state index in [1.807, 2.05) is 17.0 Å². The molecule has 10 heteroatoms. The van der Waals surface area contributed by atoms with Gasteiger partial charge in [0.25, 0.3) is 5.56 Å². The van der Waals surface area contributed by atoms with Crippen LogP contribution in [0.5, 0.6) is 0 Å². The lowest BCUT2D eigenvalue weighted by molar-refractivity contribution is -0.132. The zero-order chi connectivity index (χ0) is 26.6. The average Bonchev–Trinajstić information content (AvgIpc) is 2.89. The fourth-order valence-electron chi connectivity index (χ4n) is 5.08. The molecular formula is C28H33N7O3. The molecule has 2 aromatic heterocycles. The third-order valence-electron chi connectivity index (χ3n) is 7.33. The van der Waals surface area contributed by atoms with Gasteiger partial charge >= 0.3 is 0 Å². The minimum absolute atomic E-state index is 0.0494. The van der Waals surface area contributed by atoms with Crippen molar-refractivity contribution >= 4 is 34.5 Å². The summed E-state index contributed by atoms with van der Waals surface area (Å²) in [5.41, 5.74) is 2.52. The third kappa shape index (κ3) is 5.75. The average molecular weight is 516 g/mol. The van der Waals surface area contributed by atoms with Crippen molar-refractivity contribution in [1.29, 1.82) is 0 Å². The first-order valence-electron chi connectivity index (χ1n) is 13.0. The maximum Gasteiger partial charge on any atom is 0.252 e. The lowest BCUT2D eigenvalue weighted by Gasteiger charge is -2.38. The largest absolute Gasteiger partial charge is 0.340 e. The molecule has 0 bridgehead atoms. The van der Waals surface area contributed by atoms with Gasteiger partial charge in [0.2, 0.25) is 17.8 Å². The fraction of sp³-hybridized carbons (Fsp3) is 0.393. The molecule has 0 saturated carbocycles. The van der Waals surface area contributed by atoms with Crippen LogP contribution >= 0.6 is 0 Å². The molecule has 2 saturated heterocycles. The number of carbonyl (C=O) groups is 2. The zero-order valence-electron chi connectivity index (χ0n) is 21.7. The number of piperazine rings is 1. The molecular weight excluding hydrogens is 482 g/mol. The first-order valence-corrected chi connectivity index (χ1v) is 13.0. The summed E-state index contributed by atoms with van der Waals surface area (Å²) < 4.78 is 1.69. The van der Waals surface area contributed by atoms with Crippen LogP contribution in [0.3, 0.4) is 0 Å². The van der Waals surface area contributed by atoms with E-state index in [-0.39, 0.29) is 17.4 Å². The van der Waals surface area contributed by atoms with E-state index >= 15 is 0 Å². The number of aromatic nitrogens is 3. The Labute approximate surface area is 221 Å². The summed E-state index contributed by atoms with van der Waals surface area (Å²) >= 11 is 0. The number of aryl methyl sites for hydroxylation is 1. The molecule has 4 heterocycles. The summed E-state index contributed by atoms with van der Waals surface area (Å²) in [4.78, 5) is 51.1. The molecule has 3 aromatic rings. The monoisotopic (exact) mass is 515 g/mol. The highest BCUT2D eigenvalue weighted by molar-refractivity contribution is 5.87. The number of benzene rings is 1. The molecule has 2 aliphatic heterocycles. The molecule has 2 aliphatic rings. The first-order chi connectivity index (χ1) is 18.4. The van der Waals surface area contributed by atoms with Gasteiger partial charge < -0.3 is 15.1 Å². The van der Waals surface area contributed by atoms with E-state index in [0.29, 0.717) is 37.1 Å². The number of nitrogens with one attached hydrogen (secondary N) is 1. The number of hydrogen-bond donors (Lipinski definition) is 1. The minimum atomic E-state index is -0.104. The number of hydrogen-bond acceptors (Lipinski definition) is 7. The molecule has 0 spiro atoms. The van der Waals surface area contributed by atoms with Crippen molar-refractivity contribution in [3.8, 4) is 0 Å². The maximum absolute atomic E-state index is 12.7. The van der Waals surface area contributed by atoms with Gasteiger partial charge in [0.05, 0.1) is 0 Å². The predicted octanol–water partition coefficient (Wildman–Crippen LogP) is 2.23. The Bertz CT molecular complexity index is 1410. The van der Waals surface area contributed by atoms with Crippen LogP contribution in [-0.2, 0) is 22.7 Å². The number of anilines is 2. The second-order valence-corrected chi connectivity index (χ2v) is 10.0. The van der Waals surface area contributed by atoms with Crippen LogP contribution in [0.15, 0.2) is 60.0 Å². The number of fused-ring (bicyclic) bond motifs is 1. The molecule has 10 nitrogen and oxygen atoms in total. The molecule has 0 atom stereocenters. The van der Waals surface area contributed by atoms with Crippen molar-refractivity contribution in [2.45, 2.75) is 26.4 Å². The van der Waals surface area contributed by atoms with Gasteiger partial charge in [-0.2, -0.15) is 4.98 Å². The number of nitrogens with zero attached hydrogens (tertiary/aromatic N) is 6. The van der Waals surface area contributed by atoms with Crippen LogP contribution in [0, 0.1) is 5.92 Å². The van der Waals surface area contributed by atoms with Gasteiger partial charge in [-0.05, 0) is 42.2 Å². The van der Waals surface area contributed by atoms with E-state index < -0.39 is 0 Å². The summed E-state index contributed by atoms with van der Waals surface area (Å²) in [7, 11) is 0. The lowest BCUT2D eigenvalue weighted by Crippen LogP contribution is -2.49. The second kappa shape index (κ2) is 11.1. The SMILES string of the molecule is C=CC(=O)N1CC(CCn2c(=O)ccc3cnc(Nc4cccc(CN5CCN(C(C)=O)CC5)c4)nc32)C1. The number of rotatable bonds is 8. The van der Waals surface area contributed by atoms with E-state index in [9.17, 15) is 14.4 Å². The van der Waals surface area contributed by atoms with Crippen molar-refractivity contribution in [2.75, 3.05) is 44.6 Å². The van der Waals surface area contributed by atoms with Crippen molar-refractivity contribution in [2.24, 2.45) is 5.92 Å². The smallest absolute Gasteiger partial charge is 0.252 e. The number of carbonyl (C=O) groups excluding carboxylic acids is 2. The lowest BCUT2D eigenvalue weighted by atomic mass is 9.96. The zero-order valence-corrected chi connectivity index (χ0v) is 21.7. The normalized spacial score (nSPS) is 16.3. The summed E-state index contributed by atoms with van der Waals surface area (Å²) in [5.74, 6) is 0.863. The van der Waals surface area contributed by atoms with Crippen molar-refractivity contribution in [3.05, 3.63) is 71.2 Å². The van der Waals surface area contributed by atoms with Crippen molar-refractivity contribution in [3.63, 3.8) is 0 Å². The fourth-order valence-corrected chi connectivity index (χ4v) is 5.08. The maximum atomic E-state index is 12.7. The van der Waals surface area contributed by atoms with Crippen LogP contribution in [0.4, 0.5) is 11.6 Å². The van der Waals surface area contributed by atoms with Crippen LogP contribution in [0.1, 0.15) is 18.9 Å². The molecule has 0 aliphatic carbocycles. The molecule has 198 valence electrons. The Morgan fingerprint density at radius 1 is 1.11 bits per heavy atom. The highest BCUT2D eigenvalue weighted by Crippen LogP contribution is 2.22. The van der Waals surface area contributed by atoms with Crippen LogP contribution < -0.4 is 10.9 Å². The Balaban J connectivity index is 1.25. The Kier molecular flexibility index (Phi) is 7.50. The Morgan fingerprint density at radius 2 is 1.89 bits per heavy atom. The van der Waals surface area contributed by atoms with E-state index in [1.165, 1.54) is 6.08 Å². The first kappa shape index (κ1) is 25.6. The van der Waals surface area contributed by atoms with Crippen LogP contribution in [0.25, 0.3) is 11.0 Å². The van der Waals surface area contributed by atoms with Gasteiger partial charge in [-0.15, -0.1) is 0 Å². The van der Waals surface area contributed by atoms with Gasteiger partial charge in [-0.25, -0.2) is 4.98 Å². The topological polar surface area (TPSA) is 104 Å². The summed E-state index contributed by atoms with van der Waals surface area (Å²) in [5, 5.41) is 4.09. The third-order valence-corrected chi connectivity index (χ3v) is 7.33. The van der Waals surface area contributed by atoms with Gasteiger partial charge in [0.15, 0.2) is 0 Å². The van der Waals surface area contributed by atoms with Gasteiger partial charge in [0, 0.05) is 82.6 Å². The molecule has 2 fully saturated rings. The van der Waals surface area contributed by atoms with Crippen LogP contribution in [0.2, 0.25) is 0 Å². The highest BCUT2D eigenvalue weighted by atomic mass is 16.2. The van der Waals surface area contributed by atoms with E-state index in [1.54, 1.807) is 34.7 Å². The number of likely N-dealkylation sites (tertiary alicyclic amines) is 1. The summed E-state index contributed by atoms with van der Waals surface area (Å²) in [6.07, 6.45) is 3.85. The standard InChI is InChI=1S/C28H33N7O3/c1-3-25(37)34-18-22(19-34)9-10-35-26(38)8-7-23-16-29-28(31-27(23)35)30-24-6-4-5-21(15-24)17-32-11-13-33(14-12-32)20(2)36/h3-8,15-16,22H,1,9-14,17-19H2,2H3,(H,29,30,31). The molecule has 2 amide bonds. The van der Waals surface area contributed by atoms with E-state index in [0.717, 1.165) is 55.8 Å². The van der Waals surface area contributed by atoms with Crippen molar-refractivity contribution in [1.82, 2.24) is 29.2 Å². The van der Waals surface area contributed by atoms with Crippen molar-refractivity contribution < 1.29 is 9.59 Å². The molecule has 1 N–H and O–H groups in total. The van der Waals surface area contributed by atoms with Gasteiger partial charge in [0.1, 0.15) is 5.65 Å². The molecule has 0 radical (unpaired) electrons. The predicted molar refractivity (Wildman–Crippen MR) is 146 cm³/mol. The Hall–Kier alpha value is -4.05. The minimum Gasteiger partial charge on any atom is -0.340 e. The molecule has 1 aromatic carbocycles. The van der Waals surface area contributed by atoms with E-state index in [2.05, 4.69) is 33.9 Å². The number of amides is 2. The molecule has 5 rings (SSSR count). The van der Waals surface area contributed by atoms with E-state index in [4.69, 9.17) is 4.98 Å². The quantitative estimate of drug-likeness (QED) is 0.459. The summed E-state index contributed by atoms with van der Waals surface area (Å²) in [6, 6.07) is 11.4. The number of pyridine rings is 1. The second-order valence-electron chi connectivity index (χ2n) is 10.0. The highest BCUT2D eigenvalue weighted by Gasteiger charge is 2.29. The summed E-state index contributed by atoms with van der Waals surface area (Å²) in [6.45, 7) is 11.1. The van der Waals surface area contributed by atoms with Gasteiger partial charge in [-0.1, -0.05) is 18.7 Å². The van der Waals surface area contributed by atoms with Gasteiger partial charge in [-0.3, -0.25) is 23.9 Å². The molecule has 38 heavy (non-hydrogen) atoms. The molecule has 0 unspecified atom stereocenters.